The van der Waals surface area contributed by atoms with Gasteiger partial charge in [0.1, 0.15) is 17.3 Å². The molecule has 1 saturated heterocycles. The van der Waals surface area contributed by atoms with Gasteiger partial charge in [-0.2, -0.15) is 0 Å². The Morgan fingerprint density at radius 3 is 2.44 bits per heavy atom. The highest BCUT2D eigenvalue weighted by atomic mass is 32.2. The van der Waals surface area contributed by atoms with Crippen LogP contribution in [0.1, 0.15) is 25.8 Å². The van der Waals surface area contributed by atoms with Crippen molar-refractivity contribution in [1.29, 1.82) is 0 Å². The van der Waals surface area contributed by atoms with Crippen molar-refractivity contribution < 1.29 is 26.4 Å². The number of amides is 1. The van der Waals surface area contributed by atoms with Crippen molar-refractivity contribution in [3.05, 3.63) is 59.7 Å². The van der Waals surface area contributed by atoms with Crippen LogP contribution in [-0.4, -0.2) is 44.1 Å². The van der Waals surface area contributed by atoms with Crippen LogP contribution in [0.15, 0.2) is 42.5 Å². The summed E-state index contributed by atoms with van der Waals surface area (Å²) in [6.07, 6.45) is -0.0861. The molecule has 1 heterocycles. The van der Waals surface area contributed by atoms with Crippen molar-refractivity contribution in [1.82, 2.24) is 9.62 Å². The van der Waals surface area contributed by atoms with E-state index in [1.54, 1.807) is 12.1 Å². The lowest BCUT2D eigenvalue weighted by Gasteiger charge is -2.47. The number of sulfonamides is 1. The first-order valence-electron chi connectivity index (χ1n) is 10.6. The molecule has 1 amide bonds. The molecule has 0 spiro atoms. The lowest BCUT2D eigenvalue weighted by molar-refractivity contribution is -0.145. The van der Waals surface area contributed by atoms with Gasteiger partial charge in [-0.25, -0.2) is 26.3 Å². The molecule has 1 saturated carbocycles. The summed E-state index contributed by atoms with van der Waals surface area (Å²) in [5.41, 5.74) is -2.18. The number of alkyl halides is 1. The minimum Gasteiger partial charge on any atom is -0.337 e. The second kappa shape index (κ2) is 8.19. The standard InChI is InChI=1S/C23H25F3N2O3S/c1-3-32(30,31)27-12-20-14(2)13-28(20)22(29)17-11-23(17,26)16-8-5-4-7-15(16)21-18(24)9-6-10-19(21)25/h4-10,14,17,20,27H,3,11-13H2,1-2H3/t14-,17+,20-,23-/m1/s1. The molecular weight excluding hydrogens is 441 g/mol. The molecule has 2 fully saturated rings. The molecule has 2 aromatic carbocycles. The van der Waals surface area contributed by atoms with E-state index < -0.39 is 39.2 Å². The van der Waals surface area contributed by atoms with E-state index in [0.29, 0.717) is 6.54 Å². The fourth-order valence-corrected chi connectivity index (χ4v) is 5.08. The normalized spacial score (nSPS) is 27.2. The Morgan fingerprint density at radius 1 is 1.16 bits per heavy atom. The van der Waals surface area contributed by atoms with E-state index in [4.69, 9.17) is 0 Å². The van der Waals surface area contributed by atoms with Crippen LogP contribution in [0.25, 0.3) is 11.1 Å². The Morgan fingerprint density at radius 2 is 1.81 bits per heavy atom. The second-order valence-corrected chi connectivity index (χ2v) is 10.6. The van der Waals surface area contributed by atoms with Crippen LogP contribution < -0.4 is 4.72 Å². The topological polar surface area (TPSA) is 66.5 Å². The van der Waals surface area contributed by atoms with E-state index in [0.717, 1.165) is 12.1 Å². The second-order valence-electron chi connectivity index (χ2n) is 8.55. The Kier molecular flexibility index (Phi) is 5.83. The monoisotopic (exact) mass is 466 g/mol. The number of halogens is 3. The molecule has 2 aliphatic rings. The van der Waals surface area contributed by atoms with Crippen LogP contribution >= 0.6 is 0 Å². The average Bonchev–Trinajstić information content (AvgIpc) is 3.44. The number of nitrogens with zero attached hydrogens (tertiary/aromatic N) is 1. The van der Waals surface area contributed by atoms with E-state index in [1.165, 1.54) is 30.0 Å². The van der Waals surface area contributed by atoms with Gasteiger partial charge in [0.05, 0.1) is 17.2 Å². The van der Waals surface area contributed by atoms with E-state index in [9.17, 15) is 22.0 Å². The third-order valence-electron chi connectivity index (χ3n) is 6.52. The zero-order valence-electron chi connectivity index (χ0n) is 17.8. The highest BCUT2D eigenvalue weighted by molar-refractivity contribution is 7.89. The molecule has 1 aliphatic carbocycles. The Labute approximate surface area is 185 Å². The number of nitrogens with one attached hydrogen (secondary N) is 1. The molecule has 1 N–H and O–H groups in total. The van der Waals surface area contributed by atoms with Gasteiger partial charge in [0, 0.05) is 25.6 Å². The highest BCUT2D eigenvalue weighted by Crippen LogP contribution is 2.59. The maximum absolute atomic E-state index is 15.9. The largest absolute Gasteiger partial charge is 0.337 e. The third kappa shape index (κ3) is 3.92. The summed E-state index contributed by atoms with van der Waals surface area (Å²) in [4.78, 5) is 14.6. The van der Waals surface area contributed by atoms with E-state index in [1.807, 2.05) is 6.92 Å². The molecule has 1 aliphatic heterocycles. The zero-order chi connectivity index (χ0) is 23.3. The first-order valence-corrected chi connectivity index (χ1v) is 12.2. The van der Waals surface area contributed by atoms with Crippen molar-refractivity contribution >= 4 is 15.9 Å². The molecule has 0 bridgehead atoms. The van der Waals surface area contributed by atoms with Gasteiger partial charge in [-0.05, 0) is 36.1 Å². The van der Waals surface area contributed by atoms with Gasteiger partial charge >= 0.3 is 0 Å². The van der Waals surface area contributed by atoms with Crippen LogP contribution in [0.4, 0.5) is 13.2 Å². The number of benzene rings is 2. The van der Waals surface area contributed by atoms with Gasteiger partial charge in [-0.15, -0.1) is 0 Å². The fourth-order valence-electron chi connectivity index (χ4n) is 4.45. The summed E-state index contributed by atoms with van der Waals surface area (Å²) in [5.74, 6) is -2.98. The predicted molar refractivity (Wildman–Crippen MR) is 115 cm³/mol. The summed E-state index contributed by atoms with van der Waals surface area (Å²) in [6.45, 7) is 3.91. The van der Waals surface area contributed by atoms with Gasteiger partial charge in [-0.1, -0.05) is 37.3 Å². The SMILES string of the molecule is CCS(=O)(=O)NC[C@@H]1[C@H](C)CN1C(=O)[C@@H]1C[C@@]1(F)c1ccccc1-c1c(F)cccc1F. The molecule has 172 valence electrons. The Hall–Kier alpha value is -2.39. The van der Waals surface area contributed by atoms with Gasteiger partial charge in [0.15, 0.2) is 0 Å². The van der Waals surface area contributed by atoms with Crippen LogP contribution in [0.3, 0.4) is 0 Å². The van der Waals surface area contributed by atoms with Gasteiger partial charge in [-0.3, -0.25) is 4.79 Å². The number of carbonyl (C=O) groups is 1. The molecule has 0 radical (unpaired) electrons. The summed E-state index contributed by atoms with van der Waals surface area (Å²) >= 11 is 0. The lowest BCUT2D eigenvalue weighted by Crippen LogP contribution is -2.62. The molecular formula is C23H25F3N2O3S. The first kappa shape index (κ1) is 22.8. The van der Waals surface area contributed by atoms with Crippen molar-refractivity contribution in [2.75, 3.05) is 18.8 Å². The van der Waals surface area contributed by atoms with Gasteiger partial charge in [0.25, 0.3) is 0 Å². The number of hydrogen-bond acceptors (Lipinski definition) is 3. The minimum atomic E-state index is -3.41. The summed E-state index contributed by atoms with van der Waals surface area (Å²) in [6, 6.07) is 9.16. The number of likely N-dealkylation sites (tertiary alicyclic amines) is 1. The molecule has 0 unspecified atom stereocenters. The fraction of sp³-hybridized carbons (Fsp3) is 0.435. The molecule has 4 atom stereocenters. The molecule has 9 heteroatoms. The van der Waals surface area contributed by atoms with E-state index >= 15 is 4.39 Å². The van der Waals surface area contributed by atoms with Crippen molar-refractivity contribution in [3.8, 4) is 11.1 Å². The van der Waals surface area contributed by atoms with Crippen molar-refractivity contribution in [2.24, 2.45) is 11.8 Å². The molecule has 0 aromatic heterocycles. The van der Waals surface area contributed by atoms with Crippen molar-refractivity contribution in [2.45, 2.75) is 32.0 Å². The average molecular weight is 467 g/mol. The molecule has 5 nitrogen and oxygen atoms in total. The number of rotatable bonds is 7. The number of hydrogen-bond donors (Lipinski definition) is 1. The molecule has 32 heavy (non-hydrogen) atoms. The maximum Gasteiger partial charge on any atom is 0.229 e. The van der Waals surface area contributed by atoms with Gasteiger partial charge in [0.2, 0.25) is 15.9 Å². The van der Waals surface area contributed by atoms with Crippen LogP contribution in [-0.2, 0) is 20.5 Å². The molecule has 2 aromatic rings. The van der Waals surface area contributed by atoms with E-state index in [2.05, 4.69) is 4.72 Å². The van der Waals surface area contributed by atoms with Crippen LogP contribution in [0, 0.1) is 23.5 Å². The van der Waals surface area contributed by atoms with Crippen LogP contribution in [0.5, 0.6) is 0 Å². The predicted octanol–water partition coefficient (Wildman–Crippen LogP) is 3.60. The Balaban J connectivity index is 1.56. The van der Waals surface area contributed by atoms with E-state index in [-0.39, 0.29) is 47.4 Å². The van der Waals surface area contributed by atoms with Gasteiger partial charge < -0.3 is 4.90 Å². The first-order chi connectivity index (χ1) is 15.1. The Bertz CT molecular complexity index is 1140. The summed E-state index contributed by atoms with van der Waals surface area (Å²) in [7, 11) is -3.41. The highest BCUT2D eigenvalue weighted by Gasteiger charge is 2.64. The smallest absolute Gasteiger partial charge is 0.229 e. The lowest BCUT2D eigenvalue weighted by atomic mass is 9.89. The maximum atomic E-state index is 15.9. The third-order valence-corrected chi connectivity index (χ3v) is 7.88. The minimum absolute atomic E-state index is 0.0678. The summed E-state index contributed by atoms with van der Waals surface area (Å²) < 4.78 is 70.7. The van der Waals surface area contributed by atoms with Crippen molar-refractivity contribution in [3.63, 3.8) is 0 Å². The quantitative estimate of drug-likeness (QED) is 0.678. The zero-order valence-corrected chi connectivity index (χ0v) is 18.6. The van der Waals surface area contributed by atoms with Crippen LogP contribution in [0.2, 0.25) is 0 Å². The molecule has 4 rings (SSSR count). The number of carbonyl (C=O) groups excluding carboxylic acids is 1. The summed E-state index contributed by atoms with van der Waals surface area (Å²) in [5, 5.41) is 0.